The lowest BCUT2D eigenvalue weighted by Gasteiger charge is -2.15. The Hall–Kier alpha value is -0.990. The molecule has 0 spiro atoms. The monoisotopic (exact) mass is 312 g/mol. The molecule has 1 amide bonds. The first-order valence-corrected chi connectivity index (χ1v) is 6.45. The highest BCUT2D eigenvalue weighted by Crippen LogP contribution is 2.24. The van der Waals surface area contributed by atoms with E-state index >= 15 is 0 Å². The second-order valence-corrected chi connectivity index (χ2v) is 5.40. The van der Waals surface area contributed by atoms with Crippen molar-refractivity contribution in [2.75, 3.05) is 5.32 Å². The molecule has 0 aliphatic heterocycles. The van der Waals surface area contributed by atoms with Crippen molar-refractivity contribution in [1.82, 2.24) is 0 Å². The minimum atomic E-state index is -0.349. The summed E-state index contributed by atoms with van der Waals surface area (Å²) in [5.74, 6) is 0.0178. The van der Waals surface area contributed by atoms with Gasteiger partial charge < -0.3 is 5.32 Å². The van der Waals surface area contributed by atoms with Gasteiger partial charge in [0.25, 0.3) is 0 Å². The van der Waals surface area contributed by atoms with Crippen LogP contribution in [-0.4, -0.2) is 11.2 Å². The number of nitriles is 1. The summed E-state index contributed by atoms with van der Waals surface area (Å²) in [5, 5.41) is 11.1. The van der Waals surface area contributed by atoms with E-state index in [1.165, 1.54) is 0 Å². The summed E-state index contributed by atoms with van der Waals surface area (Å²) in [6.45, 7) is 3.87. The number of nitrogens with one attached hydrogen (secondary N) is 1. The highest BCUT2D eigenvalue weighted by atomic mass is 79.9. The van der Waals surface area contributed by atoms with E-state index in [0.717, 1.165) is 0 Å². The number of amides is 1. The molecule has 0 saturated heterocycles. The molecule has 0 bridgehead atoms. The third kappa shape index (κ3) is 3.76. The number of benzene rings is 1. The lowest BCUT2D eigenvalue weighted by molar-refractivity contribution is -0.116. The van der Waals surface area contributed by atoms with Crippen LogP contribution >= 0.6 is 28.6 Å². The molecular formula is C12H13BrN2OS. The maximum absolute atomic E-state index is 11.8. The summed E-state index contributed by atoms with van der Waals surface area (Å²) in [6.07, 6.45) is 0. The number of hydrogen-bond acceptors (Lipinski definition) is 3. The fourth-order valence-electron chi connectivity index (χ4n) is 1.20. The average molecular weight is 313 g/mol. The maximum atomic E-state index is 11.8. The molecule has 1 unspecified atom stereocenters. The van der Waals surface area contributed by atoms with Gasteiger partial charge >= 0.3 is 0 Å². The Morgan fingerprint density at radius 3 is 2.65 bits per heavy atom. The highest BCUT2D eigenvalue weighted by molar-refractivity contribution is 9.10. The molecule has 3 nitrogen and oxygen atoms in total. The summed E-state index contributed by atoms with van der Waals surface area (Å²) < 4.78 is 0.689. The Balaban J connectivity index is 2.83. The van der Waals surface area contributed by atoms with Gasteiger partial charge in [-0.3, -0.25) is 4.79 Å². The number of carbonyl (C=O) groups excluding carboxylic acids is 1. The quantitative estimate of drug-likeness (QED) is 0.842. The van der Waals surface area contributed by atoms with Crippen LogP contribution in [-0.2, 0) is 4.79 Å². The van der Waals surface area contributed by atoms with Gasteiger partial charge in [0.1, 0.15) is 0 Å². The zero-order valence-corrected chi connectivity index (χ0v) is 12.0. The third-order valence-electron chi connectivity index (χ3n) is 2.26. The van der Waals surface area contributed by atoms with Crippen LogP contribution in [0.1, 0.15) is 19.4 Å². The lowest BCUT2D eigenvalue weighted by atomic mass is 10.1. The molecule has 1 aromatic carbocycles. The molecule has 5 heteroatoms. The molecule has 90 valence electrons. The summed E-state index contributed by atoms with van der Waals surface area (Å²) in [4.78, 5) is 11.8. The third-order valence-corrected chi connectivity index (χ3v) is 3.74. The fourth-order valence-corrected chi connectivity index (χ4v) is 1.74. The second kappa shape index (κ2) is 6.08. The van der Waals surface area contributed by atoms with Crippen molar-refractivity contribution in [2.24, 2.45) is 5.92 Å². The largest absolute Gasteiger partial charge is 0.324 e. The molecule has 0 saturated carbocycles. The second-order valence-electron chi connectivity index (χ2n) is 3.98. The molecule has 0 aliphatic rings. The van der Waals surface area contributed by atoms with E-state index in [1.54, 1.807) is 18.2 Å². The number of rotatable bonds is 3. The molecule has 0 fully saturated rings. The van der Waals surface area contributed by atoms with E-state index in [-0.39, 0.29) is 17.1 Å². The minimum absolute atomic E-state index is 0.145. The van der Waals surface area contributed by atoms with Crippen LogP contribution in [0, 0.1) is 17.2 Å². The van der Waals surface area contributed by atoms with Gasteiger partial charge in [-0.2, -0.15) is 17.9 Å². The van der Waals surface area contributed by atoms with Gasteiger partial charge in [0.05, 0.1) is 22.6 Å². The first-order valence-electron chi connectivity index (χ1n) is 5.14. The van der Waals surface area contributed by atoms with E-state index in [9.17, 15) is 4.79 Å². The molecule has 1 atom stereocenters. The van der Waals surface area contributed by atoms with Crippen molar-refractivity contribution >= 4 is 40.2 Å². The zero-order chi connectivity index (χ0) is 13.0. The fraction of sp³-hybridized carbons (Fsp3) is 0.333. The maximum Gasteiger partial charge on any atom is 0.237 e. The van der Waals surface area contributed by atoms with E-state index in [4.69, 9.17) is 5.26 Å². The van der Waals surface area contributed by atoms with Gasteiger partial charge in [0.15, 0.2) is 0 Å². The van der Waals surface area contributed by atoms with Crippen LogP contribution < -0.4 is 5.32 Å². The smallest absolute Gasteiger partial charge is 0.237 e. The normalized spacial score (nSPS) is 12.0. The number of anilines is 1. The number of thiol groups is 1. The van der Waals surface area contributed by atoms with E-state index < -0.39 is 0 Å². The van der Waals surface area contributed by atoms with Crippen molar-refractivity contribution in [1.29, 1.82) is 5.26 Å². The lowest BCUT2D eigenvalue weighted by Crippen LogP contribution is -2.27. The molecular weight excluding hydrogens is 300 g/mol. The molecule has 0 heterocycles. The van der Waals surface area contributed by atoms with E-state index in [1.807, 2.05) is 19.9 Å². The molecule has 1 N–H and O–H groups in total. The van der Waals surface area contributed by atoms with Crippen molar-refractivity contribution in [3.05, 3.63) is 28.2 Å². The Morgan fingerprint density at radius 1 is 1.53 bits per heavy atom. The molecule has 0 aromatic heterocycles. The standard InChI is InChI=1S/C12H13BrN2OS/c1-7(2)11(17)12(16)15-10-4-3-8(6-14)5-9(10)13/h3-5,7,11,17H,1-2H3,(H,15,16). The van der Waals surface area contributed by atoms with Crippen molar-refractivity contribution < 1.29 is 4.79 Å². The van der Waals surface area contributed by atoms with Gasteiger partial charge in [0, 0.05) is 4.47 Å². The zero-order valence-electron chi connectivity index (χ0n) is 9.57. The summed E-state index contributed by atoms with van der Waals surface area (Å²) in [6, 6.07) is 7.05. The first-order chi connectivity index (χ1) is 7.95. The van der Waals surface area contributed by atoms with E-state index in [0.29, 0.717) is 15.7 Å². The average Bonchev–Trinajstić information content (AvgIpc) is 2.30. The predicted octanol–water partition coefficient (Wildman–Crippen LogP) is 3.21. The molecule has 0 radical (unpaired) electrons. The van der Waals surface area contributed by atoms with Crippen LogP contribution in [0.25, 0.3) is 0 Å². The van der Waals surface area contributed by atoms with Crippen molar-refractivity contribution in [3.8, 4) is 6.07 Å². The number of carbonyl (C=O) groups is 1. The number of halogens is 1. The molecule has 0 aliphatic carbocycles. The number of nitrogens with zero attached hydrogens (tertiary/aromatic N) is 1. The van der Waals surface area contributed by atoms with Crippen molar-refractivity contribution in [2.45, 2.75) is 19.1 Å². The minimum Gasteiger partial charge on any atom is -0.324 e. The summed E-state index contributed by atoms with van der Waals surface area (Å²) >= 11 is 7.56. The Bertz CT molecular complexity index is 468. The molecule has 1 aromatic rings. The van der Waals surface area contributed by atoms with Crippen LogP contribution in [0.5, 0.6) is 0 Å². The van der Waals surface area contributed by atoms with Gasteiger partial charge in [-0.1, -0.05) is 13.8 Å². The molecule has 1 rings (SSSR count). The van der Waals surface area contributed by atoms with Crippen LogP contribution in [0.2, 0.25) is 0 Å². The topological polar surface area (TPSA) is 52.9 Å². The van der Waals surface area contributed by atoms with Gasteiger partial charge in [-0.15, -0.1) is 0 Å². The van der Waals surface area contributed by atoms with Gasteiger partial charge in [0.2, 0.25) is 5.91 Å². The van der Waals surface area contributed by atoms with Crippen LogP contribution in [0.4, 0.5) is 5.69 Å². The first kappa shape index (κ1) is 14.1. The van der Waals surface area contributed by atoms with Crippen LogP contribution in [0.15, 0.2) is 22.7 Å². The van der Waals surface area contributed by atoms with Gasteiger partial charge in [-0.05, 0) is 40.0 Å². The summed E-state index contributed by atoms with van der Waals surface area (Å²) in [7, 11) is 0. The van der Waals surface area contributed by atoms with Crippen molar-refractivity contribution in [3.63, 3.8) is 0 Å². The SMILES string of the molecule is CC(C)C(S)C(=O)Nc1ccc(C#N)cc1Br. The van der Waals surface area contributed by atoms with Crippen LogP contribution in [0.3, 0.4) is 0 Å². The van der Waals surface area contributed by atoms with E-state index in [2.05, 4.69) is 33.9 Å². The molecule has 17 heavy (non-hydrogen) atoms. The highest BCUT2D eigenvalue weighted by Gasteiger charge is 2.18. The Morgan fingerprint density at radius 2 is 2.18 bits per heavy atom. The predicted molar refractivity (Wildman–Crippen MR) is 75.1 cm³/mol. The number of hydrogen-bond donors (Lipinski definition) is 2. The van der Waals surface area contributed by atoms with Gasteiger partial charge in [-0.25, -0.2) is 0 Å². The Kier molecular flexibility index (Phi) is 5.03. The summed E-state index contributed by atoms with van der Waals surface area (Å²) in [5.41, 5.74) is 1.19. The Labute approximate surface area is 115 Å².